The quantitative estimate of drug-likeness (QED) is 0.242. The van der Waals surface area contributed by atoms with Gasteiger partial charge in [0, 0.05) is 47.2 Å². The minimum Gasteiger partial charge on any atom is -0.357 e. The zero-order valence-corrected chi connectivity index (χ0v) is 21.5. The number of H-pyrrole nitrogens is 2. The molecule has 1 aliphatic rings. The Hall–Kier alpha value is -4.36. The van der Waals surface area contributed by atoms with E-state index >= 15 is 0 Å². The zero-order chi connectivity index (χ0) is 25.9. The zero-order valence-electron chi connectivity index (χ0n) is 21.5. The van der Waals surface area contributed by atoms with E-state index in [1.54, 1.807) is 12.3 Å². The van der Waals surface area contributed by atoms with Crippen molar-refractivity contribution in [2.24, 2.45) is 5.92 Å². The summed E-state index contributed by atoms with van der Waals surface area (Å²) in [6.07, 6.45) is 14.9. The molecule has 0 saturated carbocycles. The Morgan fingerprint density at radius 3 is 2.79 bits per heavy atom. The van der Waals surface area contributed by atoms with Crippen molar-refractivity contribution >= 4 is 16.6 Å². The summed E-state index contributed by atoms with van der Waals surface area (Å²) in [5.74, 6) is 0.709. The lowest BCUT2D eigenvalue weighted by Crippen LogP contribution is -2.28. The fourth-order valence-corrected chi connectivity index (χ4v) is 5.35. The molecule has 7 nitrogen and oxygen atoms in total. The molecule has 0 bridgehead atoms. The minimum absolute atomic E-state index is 0.709. The Bertz CT molecular complexity index is 1600. The van der Waals surface area contributed by atoms with E-state index < -0.39 is 0 Å². The minimum atomic E-state index is 0.709. The molecule has 1 saturated heterocycles. The van der Waals surface area contributed by atoms with Gasteiger partial charge in [0.2, 0.25) is 0 Å². The number of pyridine rings is 3. The van der Waals surface area contributed by atoms with Crippen molar-refractivity contribution in [1.82, 2.24) is 35.5 Å². The van der Waals surface area contributed by atoms with E-state index in [9.17, 15) is 0 Å². The van der Waals surface area contributed by atoms with Crippen LogP contribution >= 0.6 is 0 Å². The van der Waals surface area contributed by atoms with Crippen LogP contribution in [-0.4, -0.2) is 43.2 Å². The van der Waals surface area contributed by atoms with Crippen molar-refractivity contribution in [2.75, 3.05) is 13.1 Å². The van der Waals surface area contributed by atoms with E-state index in [-0.39, 0.29) is 0 Å². The van der Waals surface area contributed by atoms with Crippen molar-refractivity contribution in [3.05, 3.63) is 102 Å². The fourth-order valence-electron chi connectivity index (χ4n) is 5.35. The molecule has 0 amide bonds. The third kappa shape index (κ3) is 4.80. The summed E-state index contributed by atoms with van der Waals surface area (Å²) in [7, 11) is 0. The lowest BCUT2D eigenvalue weighted by atomic mass is 9.91. The molecule has 0 unspecified atom stereocenters. The Kier molecular flexibility index (Phi) is 6.67. The predicted molar refractivity (Wildman–Crippen MR) is 152 cm³/mol. The molecule has 0 radical (unpaired) electrons. The fraction of sp³-hybridized carbons (Fsp3) is 0.226. The second kappa shape index (κ2) is 10.6. The first kappa shape index (κ1) is 24.0. The highest BCUT2D eigenvalue weighted by Crippen LogP contribution is 2.33. The largest absolute Gasteiger partial charge is 0.357 e. The van der Waals surface area contributed by atoms with Crippen molar-refractivity contribution in [2.45, 2.75) is 26.2 Å². The van der Waals surface area contributed by atoms with Gasteiger partial charge in [-0.05, 0) is 86.7 Å². The number of nitrogens with zero attached hydrogens (tertiary/aromatic N) is 4. The smallest absolute Gasteiger partial charge is 0.135 e. The molecule has 5 aromatic heterocycles. The number of allylic oxidation sites excluding steroid dienone is 2. The second-order valence-corrected chi connectivity index (χ2v) is 9.92. The van der Waals surface area contributed by atoms with Crippen LogP contribution in [0.25, 0.3) is 39.3 Å². The first-order valence-electron chi connectivity index (χ1n) is 13.1. The Balaban J connectivity index is 1.34. The standard InChI is InChI=1S/C31H31N7/c1-3-5-25(23-6-4-11-33-18-23)26-16-29(35-20(26)2)31-30-28(37-38-31)8-7-27(36-30)24-15-22(17-34-19-24)14-21-9-12-32-13-10-21/h3-8,11,15-19,21,32,35H,1,9-10,12-14H2,2H3,(H,37,38)/b25-5-. The Labute approximate surface area is 222 Å². The summed E-state index contributed by atoms with van der Waals surface area (Å²) in [6, 6.07) is 12.4. The number of hydrogen-bond acceptors (Lipinski definition) is 5. The highest BCUT2D eigenvalue weighted by molar-refractivity contribution is 5.92. The van der Waals surface area contributed by atoms with Crippen LogP contribution in [0.4, 0.5) is 0 Å². The molecule has 3 N–H and O–H groups in total. The van der Waals surface area contributed by atoms with E-state index in [4.69, 9.17) is 4.98 Å². The van der Waals surface area contributed by atoms with Crippen molar-refractivity contribution < 1.29 is 0 Å². The summed E-state index contributed by atoms with van der Waals surface area (Å²) >= 11 is 0. The van der Waals surface area contributed by atoms with Crippen LogP contribution in [0.2, 0.25) is 0 Å². The number of aryl methyl sites for hydroxylation is 1. The van der Waals surface area contributed by atoms with Crippen molar-refractivity contribution in [3.8, 4) is 22.6 Å². The average molecular weight is 502 g/mol. The average Bonchev–Trinajstić information content (AvgIpc) is 3.55. The molecule has 1 aliphatic heterocycles. The SMILES string of the molecule is C=C/C=C(/c1cccnc1)c1cc(-c2n[nH]c3ccc(-c4cncc(CC5CCNCC5)c4)nc23)[nH]c1C. The molecule has 1 fully saturated rings. The third-order valence-electron chi connectivity index (χ3n) is 7.30. The van der Waals surface area contributed by atoms with E-state index in [0.29, 0.717) is 5.92 Å². The third-order valence-corrected chi connectivity index (χ3v) is 7.30. The highest BCUT2D eigenvalue weighted by atomic mass is 15.1. The first-order valence-corrected chi connectivity index (χ1v) is 13.1. The van der Waals surface area contributed by atoms with Gasteiger partial charge in [-0.15, -0.1) is 0 Å². The number of nitrogens with one attached hydrogen (secondary N) is 3. The summed E-state index contributed by atoms with van der Waals surface area (Å²) < 4.78 is 0. The van der Waals surface area contributed by atoms with Gasteiger partial charge in [-0.2, -0.15) is 5.10 Å². The maximum atomic E-state index is 5.04. The number of piperidine rings is 1. The molecular weight excluding hydrogens is 470 g/mol. The number of fused-ring (bicyclic) bond motifs is 1. The molecule has 0 aromatic carbocycles. The lowest BCUT2D eigenvalue weighted by molar-refractivity contribution is 0.372. The van der Waals surface area contributed by atoms with E-state index in [1.165, 1.54) is 18.4 Å². The van der Waals surface area contributed by atoms with Gasteiger partial charge in [0.15, 0.2) is 0 Å². The molecule has 0 atom stereocenters. The molecule has 38 heavy (non-hydrogen) atoms. The summed E-state index contributed by atoms with van der Waals surface area (Å²) in [5, 5.41) is 11.2. The molecule has 6 rings (SSSR count). The molecule has 5 aromatic rings. The molecule has 190 valence electrons. The summed E-state index contributed by atoms with van der Waals surface area (Å²) in [4.78, 5) is 17.4. The van der Waals surface area contributed by atoms with Gasteiger partial charge in [0.05, 0.1) is 16.9 Å². The maximum absolute atomic E-state index is 5.04. The van der Waals surface area contributed by atoms with Crippen molar-refractivity contribution in [1.29, 1.82) is 0 Å². The molecule has 7 heteroatoms. The van der Waals surface area contributed by atoms with Crippen LogP contribution in [0.1, 0.15) is 35.2 Å². The van der Waals surface area contributed by atoms with Gasteiger partial charge in [0.25, 0.3) is 0 Å². The predicted octanol–water partition coefficient (Wildman–Crippen LogP) is 5.88. The molecular formula is C31H31N7. The van der Waals surface area contributed by atoms with Gasteiger partial charge in [-0.25, -0.2) is 4.98 Å². The van der Waals surface area contributed by atoms with Crippen LogP contribution in [0.15, 0.2) is 79.9 Å². The first-order chi connectivity index (χ1) is 18.7. The maximum Gasteiger partial charge on any atom is 0.135 e. The van der Waals surface area contributed by atoms with Crippen molar-refractivity contribution in [3.63, 3.8) is 0 Å². The Morgan fingerprint density at radius 2 is 1.97 bits per heavy atom. The van der Waals surface area contributed by atoms with Gasteiger partial charge in [-0.1, -0.05) is 24.8 Å². The number of hydrogen-bond donors (Lipinski definition) is 3. The molecule has 0 aliphatic carbocycles. The van der Waals surface area contributed by atoms with Crippen LogP contribution in [0.5, 0.6) is 0 Å². The van der Waals surface area contributed by atoms with Crippen LogP contribution < -0.4 is 5.32 Å². The topological polar surface area (TPSA) is 95.2 Å². The van der Waals surface area contributed by atoms with Crippen LogP contribution in [-0.2, 0) is 6.42 Å². The summed E-state index contributed by atoms with van der Waals surface area (Å²) in [5.41, 5.74) is 10.8. The second-order valence-electron chi connectivity index (χ2n) is 9.92. The van der Waals surface area contributed by atoms with Crippen LogP contribution in [0, 0.1) is 12.8 Å². The van der Waals surface area contributed by atoms with Gasteiger partial charge in [-0.3, -0.25) is 15.1 Å². The normalized spacial score (nSPS) is 14.7. The monoisotopic (exact) mass is 501 g/mol. The number of rotatable bonds is 7. The van der Waals surface area contributed by atoms with Gasteiger partial charge < -0.3 is 10.3 Å². The molecule has 6 heterocycles. The highest BCUT2D eigenvalue weighted by Gasteiger charge is 2.18. The summed E-state index contributed by atoms with van der Waals surface area (Å²) in [6.45, 7) is 8.19. The molecule has 0 spiro atoms. The number of aromatic amines is 2. The van der Waals surface area contributed by atoms with E-state index in [0.717, 1.165) is 75.6 Å². The lowest BCUT2D eigenvalue weighted by Gasteiger charge is -2.22. The van der Waals surface area contributed by atoms with Gasteiger partial charge >= 0.3 is 0 Å². The number of aromatic nitrogens is 6. The van der Waals surface area contributed by atoms with Gasteiger partial charge in [0.1, 0.15) is 11.2 Å². The Morgan fingerprint density at radius 1 is 1.08 bits per heavy atom. The van der Waals surface area contributed by atoms with E-state index in [2.05, 4.69) is 62.2 Å². The van der Waals surface area contributed by atoms with Crippen LogP contribution in [0.3, 0.4) is 0 Å². The van der Waals surface area contributed by atoms with E-state index in [1.807, 2.05) is 42.9 Å².